The van der Waals surface area contributed by atoms with Gasteiger partial charge < -0.3 is 10.2 Å². The second kappa shape index (κ2) is 11.7. The van der Waals surface area contributed by atoms with Crippen LogP contribution in [0.2, 0.25) is 10.0 Å². The minimum atomic E-state index is -3.85. The molecule has 1 N–H and O–H groups in total. The van der Waals surface area contributed by atoms with Crippen molar-refractivity contribution in [1.29, 1.82) is 0 Å². The fourth-order valence-electron chi connectivity index (χ4n) is 3.13. The maximum absolute atomic E-state index is 13.4. The molecule has 0 saturated carbocycles. The lowest BCUT2D eigenvalue weighted by atomic mass is 10.1. The number of nitrogens with one attached hydrogen (secondary N) is 1. The van der Waals surface area contributed by atoms with Crippen LogP contribution in [0.25, 0.3) is 0 Å². The maximum Gasteiger partial charge on any atom is 0.244 e. The predicted octanol–water partition coefficient (Wildman–Crippen LogP) is 4.09. The van der Waals surface area contributed by atoms with Crippen LogP contribution >= 0.6 is 23.2 Å². The van der Waals surface area contributed by atoms with Crippen molar-refractivity contribution >= 4 is 50.7 Å². The Hall–Kier alpha value is -2.29. The van der Waals surface area contributed by atoms with Gasteiger partial charge in [0.25, 0.3) is 0 Å². The molecule has 0 heterocycles. The smallest absolute Gasteiger partial charge is 0.244 e. The number of amides is 2. The third-order valence-corrected chi connectivity index (χ3v) is 6.76. The van der Waals surface area contributed by atoms with Crippen LogP contribution in [-0.4, -0.2) is 50.0 Å². The molecule has 2 amide bonds. The number of benzene rings is 2. The van der Waals surface area contributed by atoms with E-state index >= 15 is 0 Å². The summed E-state index contributed by atoms with van der Waals surface area (Å²) in [4.78, 5) is 27.6. The molecular formula is C23H29Cl2N3O4S. The molecule has 2 rings (SSSR count). The van der Waals surface area contributed by atoms with Crippen LogP contribution in [-0.2, 0) is 26.2 Å². The molecule has 0 saturated heterocycles. The van der Waals surface area contributed by atoms with Gasteiger partial charge in [-0.1, -0.05) is 60.5 Å². The first-order valence-electron chi connectivity index (χ1n) is 10.5. The molecule has 0 spiro atoms. The monoisotopic (exact) mass is 513 g/mol. The molecule has 0 radical (unpaired) electrons. The van der Waals surface area contributed by atoms with E-state index in [2.05, 4.69) is 5.32 Å². The first-order valence-corrected chi connectivity index (χ1v) is 13.1. The van der Waals surface area contributed by atoms with E-state index in [4.69, 9.17) is 23.2 Å². The van der Waals surface area contributed by atoms with Crippen molar-refractivity contribution < 1.29 is 18.0 Å². The van der Waals surface area contributed by atoms with E-state index in [9.17, 15) is 18.0 Å². The number of carbonyl (C=O) groups is 2. The van der Waals surface area contributed by atoms with Crippen molar-refractivity contribution in [2.75, 3.05) is 17.1 Å². The Morgan fingerprint density at radius 3 is 2.12 bits per heavy atom. The summed E-state index contributed by atoms with van der Waals surface area (Å²) in [5.41, 5.74) is 0.977. The lowest BCUT2D eigenvalue weighted by molar-refractivity contribution is -0.139. The van der Waals surface area contributed by atoms with Gasteiger partial charge in [0, 0.05) is 22.6 Å². The van der Waals surface area contributed by atoms with Crippen LogP contribution in [0.3, 0.4) is 0 Å². The van der Waals surface area contributed by atoms with Gasteiger partial charge in [0.2, 0.25) is 21.8 Å². The fourth-order valence-corrected chi connectivity index (χ4v) is 4.47. The highest BCUT2D eigenvalue weighted by atomic mass is 35.5. The minimum Gasteiger partial charge on any atom is -0.352 e. The third kappa shape index (κ3) is 7.91. The number of nitrogens with zero attached hydrogens (tertiary/aromatic N) is 2. The first kappa shape index (κ1) is 27.0. The molecule has 180 valence electrons. The number of sulfonamides is 1. The Labute approximate surface area is 205 Å². The SMILES string of the molecule is CCC(C)NC(=O)C(C)N(Cc1ccccc1)C(=O)CN(c1cc(Cl)cc(Cl)c1)S(C)(=O)=O. The summed E-state index contributed by atoms with van der Waals surface area (Å²) in [7, 11) is -3.85. The van der Waals surface area contributed by atoms with E-state index in [1.165, 1.54) is 23.1 Å². The summed E-state index contributed by atoms with van der Waals surface area (Å²) in [5, 5.41) is 3.36. The second-order valence-electron chi connectivity index (χ2n) is 7.90. The number of carbonyl (C=O) groups excluding carboxylic acids is 2. The Balaban J connectivity index is 2.39. The van der Waals surface area contributed by atoms with E-state index in [0.29, 0.717) is 0 Å². The number of anilines is 1. The quantitative estimate of drug-likeness (QED) is 0.518. The lowest BCUT2D eigenvalue weighted by Gasteiger charge is -2.32. The van der Waals surface area contributed by atoms with Crippen molar-refractivity contribution in [2.24, 2.45) is 0 Å². The highest BCUT2D eigenvalue weighted by Crippen LogP contribution is 2.27. The van der Waals surface area contributed by atoms with Crippen molar-refractivity contribution in [1.82, 2.24) is 10.2 Å². The molecule has 33 heavy (non-hydrogen) atoms. The number of rotatable bonds is 10. The zero-order valence-electron chi connectivity index (χ0n) is 19.1. The van der Waals surface area contributed by atoms with E-state index in [0.717, 1.165) is 22.5 Å². The van der Waals surface area contributed by atoms with Crippen LogP contribution < -0.4 is 9.62 Å². The van der Waals surface area contributed by atoms with E-state index in [-0.39, 0.29) is 34.2 Å². The molecular weight excluding hydrogens is 485 g/mol. The van der Waals surface area contributed by atoms with Gasteiger partial charge in [0.15, 0.2) is 0 Å². The third-order valence-electron chi connectivity index (χ3n) is 5.18. The van der Waals surface area contributed by atoms with E-state index < -0.39 is 28.5 Å². The molecule has 0 bridgehead atoms. The maximum atomic E-state index is 13.4. The molecule has 7 nitrogen and oxygen atoms in total. The second-order valence-corrected chi connectivity index (χ2v) is 10.7. The summed E-state index contributed by atoms with van der Waals surface area (Å²) < 4.78 is 26.0. The molecule has 2 unspecified atom stereocenters. The highest BCUT2D eigenvalue weighted by Gasteiger charge is 2.30. The summed E-state index contributed by atoms with van der Waals surface area (Å²) in [6.45, 7) is 5.08. The minimum absolute atomic E-state index is 0.0604. The van der Waals surface area contributed by atoms with Crippen molar-refractivity contribution in [3.05, 3.63) is 64.1 Å². The standard InChI is InChI=1S/C23H29Cl2N3O4S/c1-5-16(2)26-23(30)17(3)27(14-18-9-7-6-8-10-18)22(29)15-28(33(4,31)32)21-12-19(24)11-20(25)13-21/h6-13,16-17H,5,14-15H2,1-4H3,(H,26,30). The van der Waals surface area contributed by atoms with E-state index in [1.54, 1.807) is 6.92 Å². The van der Waals surface area contributed by atoms with Crippen LogP contribution in [0.5, 0.6) is 0 Å². The van der Waals surface area contributed by atoms with Gasteiger partial charge in [-0.15, -0.1) is 0 Å². The molecule has 0 aliphatic carbocycles. The van der Waals surface area contributed by atoms with Crippen LogP contribution in [0.15, 0.2) is 48.5 Å². The predicted molar refractivity (Wildman–Crippen MR) is 133 cm³/mol. The Bertz CT molecular complexity index is 1060. The molecule has 0 aromatic heterocycles. The average molecular weight is 514 g/mol. The molecule has 0 fully saturated rings. The first-order chi connectivity index (χ1) is 15.4. The highest BCUT2D eigenvalue weighted by molar-refractivity contribution is 7.92. The van der Waals surface area contributed by atoms with Gasteiger partial charge in [-0.05, 0) is 44.0 Å². The summed E-state index contributed by atoms with van der Waals surface area (Å²) >= 11 is 12.1. The van der Waals surface area contributed by atoms with E-state index in [1.807, 2.05) is 44.2 Å². The van der Waals surface area contributed by atoms with Crippen LogP contribution in [0.4, 0.5) is 5.69 Å². The molecule has 2 aromatic carbocycles. The van der Waals surface area contributed by atoms with Crippen LogP contribution in [0, 0.1) is 0 Å². The van der Waals surface area contributed by atoms with Gasteiger partial charge in [0.05, 0.1) is 11.9 Å². The van der Waals surface area contributed by atoms with Gasteiger partial charge in [0.1, 0.15) is 12.6 Å². The van der Waals surface area contributed by atoms with Crippen molar-refractivity contribution in [3.63, 3.8) is 0 Å². The topological polar surface area (TPSA) is 86.8 Å². The summed E-state index contributed by atoms with van der Waals surface area (Å²) in [5.74, 6) is -0.850. The lowest BCUT2D eigenvalue weighted by Crippen LogP contribution is -2.52. The normalized spacial score (nSPS) is 13.2. The number of hydrogen-bond donors (Lipinski definition) is 1. The van der Waals surface area contributed by atoms with Gasteiger partial charge >= 0.3 is 0 Å². The summed E-state index contributed by atoms with van der Waals surface area (Å²) in [6.07, 6.45) is 1.73. The number of halogens is 2. The molecule has 2 atom stereocenters. The fraction of sp³-hybridized carbons (Fsp3) is 0.391. The Kier molecular flexibility index (Phi) is 9.57. The zero-order valence-corrected chi connectivity index (χ0v) is 21.4. The van der Waals surface area contributed by atoms with Gasteiger partial charge in [-0.3, -0.25) is 13.9 Å². The molecule has 2 aromatic rings. The Morgan fingerprint density at radius 1 is 1.03 bits per heavy atom. The largest absolute Gasteiger partial charge is 0.352 e. The molecule has 10 heteroatoms. The average Bonchev–Trinajstić information content (AvgIpc) is 2.74. The molecule has 0 aliphatic heterocycles. The van der Waals surface area contributed by atoms with Crippen LogP contribution in [0.1, 0.15) is 32.8 Å². The Morgan fingerprint density at radius 2 is 1.61 bits per heavy atom. The van der Waals surface area contributed by atoms with Gasteiger partial charge in [-0.25, -0.2) is 8.42 Å². The van der Waals surface area contributed by atoms with Crippen molar-refractivity contribution in [2.45, 2.75) is 45.8 Å². The number of hydrogen-bond acceptors (Lipinski definition) is 4. The van der Waals surface area contributed by atoms with Crippen molar-refractivity contribution in [3.8, 4) is 0 Å². The summed E-state index contributed by atoms with van der Waals surface area (Å²) in [6, 6.07) is 12.6. The molecule has 0 aliphatic rings. The van der Waals surface area contributed by atoms with Gasteiger partial charge in [-0.2, -0.15) is 0 Å². The zero-order chi connectivity index (χ0) is 24.8.